The Morgan fingerprint density at radius 1 is 1.14 bits per heavy atom. The topological polar surface area (TPSA) is 57.1 Å². The van der Waals surface area contributed by atoms with E-state index >= 15 is 0 Å². The maximum atomic E-state index is 12.6. The van der Waals surface area contributed by atoms with Gasteiger partial charge in [-0.2, -0.15) is 0 Å². The van der Waals surface area contributed by atoms with Gasteiger partial charge in [0.05, 0.1) is 5.71 Å². The molecule has 4 rings (SSSR count). The molecule has 0 unspecified atom stereocenters. The molecule has 2 amide bonds. The number of urea groups is 1. The zero-order chi connectivity index (χ0) is 20.4. The highest BCUT2D eigenvalue weighted by atomic mass is 35.5. The summed E-state index contributed by atoms with van der Waals surface area (Å²) in [6.45, 7) is 3.31. The zero-order valence-corrected chi connectivity index (χ0v) is 18.1. The van der Waals surface area contributed by atoms with E-state index in [1.165, 1.54) is 5.56 Å². The van der Waals surface area contributed by atoms with Crippen molar-refractivity contribution in [2.75, 3.05) is 24.7 Å². The van der Waals surface area contributed by atoms with Crippen LogP contribution in [0.3, 0.4) is 0 Å². The van der Waals surface area contributed by atoms with Crippen molar-refractivity contribution >= 4 is 45.8 Å². The van der Waals surface area contributed by atoms with E-state index in [1.807, 2.05) is 23.3 Å². The number of halogens is 1. The van der Waals surface area contributed by atoms with Crippen LogP contribution in [0.5, 0.6) is 0 Å². The monoisotopic (exact) mass is 426 g/mol. The smallest absolute Gasteiger partial charge is 0.321 e. The zero-order valence-electron chi connectivity index (χ0n) is 16.5. The molecule has 2 aliphatic rings. The minimum absolute atomic E-state index is 0.114. The van der Waals surface area contributed by atoms with Crippen molar-refractivity contribution in [3.63, 3.8) is 0 Å². The second-order valence-electron chi connectivity index (χ2n) is 7.36. The molecular weight excluding hydrogens is 404 g/mol. The van der Waals surface area contributed by atoms with E-state index in [9.17, 15) is 4.79 Å². The maximum absolute atomic E-state index is 12.6. The second-order valence-corrected chi connectivity index (χ2v) is 8.59. The lowest BCUT2D eigenvalue weighted by atomic mass is 9.98. The van der Waals surface area contributed by atoms with E-state index < -0.39 is 5.66 Å². The number of nitrogens with one attached hydrogen (secondary N) is 1. The molecule has 0 saturated carbocycles. The van der Waals surface area contributed by atoms with E-state index in [0.29, 0.717) is 23.8 Å². The Kier molecular flexibility index (Phi) is 5.65. The molecule has 7 heteroatoms. The number of aryl methyl sites for hydroxylation is 1. The Balaban J connectivity index is 1.46. The Bertz CT molecular complexity index is 979. The molecular formula is C22H23ClN4OS. The Hall–Kier alpha value is -2.31. The van der Waals surface area contributed by atoms with Gasteiger partial charge in [0.1, 0.15) is 5.04 Å². The lowest BCUT2D eigenvalue weighted by molar-refractivity contribution is 0.175. The first-order valence-corrected chi connectivity index (χ1v) is 11.2. The molecule has 2 heterocycles. The van der Waals surface area contributed by atoms with Gasteiger partial charge in [0.2, 0.25) is 0 Å². The number of thioether (sulfide) groups is 1. The van der Waals surface area contributed by atoms with Crippen LogP contribution in [0.15, 0.2) is 58.5 Å². The van der Waals surface area contributed by atoms with E-state index in [0.717, 1.165) is 29.2 Å². The van der Waals surface area contributed by atoms with Gasteiger partial charge in [-0.3, -0.25) is 4.99 Å². The molecule has 0 radical (unpaired) electrons. The summed E-state index contributed by atoms with van der Waals surface area (Å²) >= 11 is 7.63. The number of benzene rings is 2. The molecule has 1 spiro atoms. The molecule has 1 fully saturated rings. The van der Waals surface area contributed by atoms with Crippen molar-refractivity contribution in [2.24, 2.45) is 9.98 Å². The number of piperidine rings is 1. The van der Waals surface area contributed by atoms with E-state index in [2.05, 4.69) is 36.5 Å². The van der Waals surface area contributed by atoms with Gasteiger partial charge in [-0.1, -0.05) is 47.5 Å². The molecule has 2 aromatic rings. The van der Waals surface area contributed by atoms with Crippen molar-refractivity contribution in [1.29, 1.82) is 0 Å². The number of hydrogen-bond donors (Lipinski definition) is 1. The summed E-state index contributed by atoms with van der Waals surface area (Å²) in [4.78, 5) is 24.4. The van der Waals surface area contributed by atoms with Crippen LogP contribution in [-0.4, -0.2) is 46.7 Å². The predicted molar refractivity (Wildman–Crippen MR) is 123 cm³/mol. The van der Waals surface area contributed by atoms with Crippen molar-refractivity contribution in [3.8, 4) is 0 Å². The van der Waals surface area contributed by atoms with Gasteiger partial charge >= 0.3 is 6.03 Å². The van der Waals surface area contributed by atoms with Crippen LogP contribution in [0.25, 0.3) is 0 Å². The molecule has 150 valence electrons. The first-order valence-electron chi connectivity index (χ1n) is 9.61. The average molecular weight is 427 g/mol. The van der Waals surface area contributed by atoms with E-state index in [1.54, 1.807) is 23.9 Å². The van der Waals surface area contributed by atoms with Gasteiger partial charge in [0.25, 0.3) is 0 Å². The molecule has 1 N–H and O–H groups in total. The third-order valence-corrected chi connectivity index (χ3v) is 6.18. The van der Waals surface area contributed by atoms with Gasteiger partial charge in [-0.15, -0.1) is 11.8 Å². The summed E-state index contributed by atoms with van der Waals surface area (Å²) in [7, 11) is 0. The van der Waals surface area contributed by atoms with Gasteiger partial charge in [-0.25, -0.2) is 9.79 Å². The quantitative estimate of drug-likeness (QED) is 0.714. The first-order chi connectivity index (χ1) is 14.0. The van der Waals surface area contributed by atoms with Crippen LogP contribution >= 0.6 is 23.4 Å². The fourth-order valence-electron chi connectivity index (χ4n) is 3.62. The van der Waals surface area contributed by atoms with Crippen molar-refractivity contribution in [2.45, 2.75) is 25.4 Å². The third-order valence-electron chi connectivity index (χ3n) is 5.28. The number of amides is 2. The molecule has 1 saturated heterocycles. The summed E-state index contributed by atoms with van der Waals surface area (Å²) in [5, 5.41) is 4.50. The molecule has 2 aliphatic heterocycles. The summed E-state index contributed by atoms with van der Waals surface area (Å²) < 4.78 is 0. The van der Waals surface area contributed by atoms with Crippen molar-refractivity contribution < 1.29 is 4.79 Å². The first kappa shape index (κ1) is 20.0. The number of carbonyl (C=O) groups is 1. The number of anilines is 1. The van der Waals surface area contributed by atoms with Gasteiger partial charge in [0.15, 0.2) is 5.66 Å². The normalized spacial score (nSPS) is 17.8. The van der Waals surface area contributed by atoms with Crippen LogP contribution in [-0.2, 0) is 0 Å². The number of rotatable bonds is 2. The summed E-state index contributed by atoms with van der Waals surface area (Å²) in [6, 6.07) is 15.5. The minimum Gasteiger partial charge on any atom is -0.324 e. The largest absolute Gasteiger partial charge is 0.324 e. The lowest BCUT2D eigenvalue weighted by Gasteiger charge is -2.35. The summed E-state index contributed by atoms with van der Waals surface area (Å²) in [5.41, 5.74) is 3.54. The molecule has 5 nitrogen and oxygen atoms in total. The van der Waals surface area contributed by atoms with Gasteiger partial charge in [-0.05, 0) is 31.4 Å². The van der Waals surface area contributed by atoms with E-state index in [-0.39, 0.29) is 6.03 Å². The maximum Gasteiger partial charge on any atom is 0.321 e. The number of nitrogens with zero attached hydrogens (tertiary/aromatic N) is 3. The number of aliphatic imine (C=N–C) groups is 2. The number of hydrogen-bond acceptors (Lipinski definition) is 4. The average Bonchev–Trinajstić information content (AvgIpc) is 3.07. The van der Waals surface area contributed by atoms with Crippen LogP contribution in [0.2, 0.25) is 5.02 Å². The highest BCUT2D eigenvalue weighted by Crippen LogP contribution is 2.35. The number of carbonyl (C=O) groups excluding carboxylic acids is 1. The van der Waals surface area contributed by atoms with Crippen LogP contribution in [0, 0.1) is 6.92 Å². The predicted octanol–water partition coefficient (Wildman–Crippen LogP) is 5.24. The van der Waals surface area contributed by atoms with Crippen LogP contribution in [0.1, 0.15) is 24.0 Å². The minimum atomic E-state index is -0.453. The molecule has 29 heavy (non-hydrogen) atoms. The lowest BCUT2D eigenvalue weighted by Crippen LogP contribution is -2.46. The number of likely N-dealkylation sites (tertiary alicyclic amines) is 1. The third kappa shape index (κ3) is 4.33. The standard InChI is InChI=1S/C22H23ClN4OS/c1-15-6-8-16(9-7-15)19-20(29-2)26-22(25-19)10-12-27(13-11-22)21(28)24-18-5-3-4-17(23)14-18/h3-9,14H,10-13H2,1-2H3,(H,24,28). The molecule has 0 aliphatic carbocycles. The van der Waals surface area contributed by atoms with Crippen LogP contribution in [0.4, 0.5) is 10.5 Å². The summed E-state index contributed by atoms with van der Waals surface area (Å²) in [6.07, 6.45) is 3.47. The molecule has 0 bridgehead atoms. The van der Waals surface area contributed by atoms with Crippen LogP contribution < -0.4 is 5.32 Å². The highest BCUT2D eigenvalue weighted by Gasteiger charge is 2.40. The highest BCUT2D eigenvalue weighted by molar-refractivity contribution is 8.15. The molecule has 2 aromatic carbocycles. The van der Waals surface area contributed by atoms with E-state index in [4.69, 9.17) is 21.6 Å². The molecule has 0 aromatic heterocycles. The fraction of sp³-hybridized carbons (Fsp3) is 0.318. The molecule has 0 atom stereocenters. The van der Waals surface area contributed by atoms with Crippen molar-refractivity contribution in [1.82, 2.24) is 4.90 Å². The Morgan fingerprint density at radius 2 is 1.86 bits per heavy atom. The fourth-order valence-corrected chi connectivity index (χ4v) is 4.43. The SMILES string of the molecule is CSC1=NC2(CCN(C(=O)Nc3cccc(Cl)c3)CC2)N=C1c1ccc(C)cc1. The Morgan fingerprint density at radius 3 is 2.52 bits per heavy atom. The van der Waals surface area contributed by atoms with Gasteiger partial charge < -0.3 is 10.2 Å². The second kappa shape index (κ2) is 8.20. The van der Waals surface area contributed by atoms with Gasteiger partial charge in [0, 0.05) is 42.2 Å². The van der Waals surface area contributed by atoms with Crippen molar-refractivity contribution in [3.05, 3.63) is 64.7 Å². The summed E-state index contributed by atoms with van der Waals surface area (Å²) in [5.74, 6) is 0. The Labute approximate surface area is 180 Å².